The van der Waals surface area contributed by atoms with Gasteiger partial charge >= 0.3 is 0 Å². The van der Waals surface area contributed by atoms with Gasteiger partial charge in [0.1, 0.15) is 0 Å². The minimum Gasteiger partial charge on any atom is -0.454 e. The van der Waals surface area contributed by atoms with Gasteiger partial charge in [-0.15, -0.1) is 0 Å². The SMILES string of the molecule is O=Cc1cn(Cc2ccc3c(c2)OCO3)c2ccccc12. The summed E-state index contributed by atoms with van der Waals surface area (Å²) < 4.78 is 12.8. The lowest BCUT2D eigenvalue weighted by atomic mass is 10.2. The van der Waals surface area contributed by atoms with E-state index in [4.69, 9.17) is 9.47 Å². The van der Waals surface area contributed by atoms with Gasteiger partial charge in [-0.1, -0.05) is 24.3 Å². The van der Waals surface area contributed by atoms with Gasteiger partial charge < -0.3 is 14.0 Å². The number of aldehydes is 1. The molecule has 4 nitrogen and oxygen atoms in total. The molecule has 4 heteroatoms. The number of benzene rings is 2. The molecular formula is C17H13NO3. The summed E-state index contributed by atoms with van der Waals surface area (Å²) in [6.07, 6.45) is 2.79. The van der Waals surface area contributed by atoms with Crippen LogP contribution in [0.3, 0.4) is 0 Å². The molecule has 0 spiro atoms. The monoisotopic (exact) mass is 279 g/mol. The lowest BCUT2D eigenvalue weighted by Gasteiger charge is -2.06. The quantitative estimate of drug-likeness (QED) is 0.691. The summed E-state index contributed by atoms with van der Waals surface area (Å²) in [5.74, 6) is 1.56. The lowest BCUT2D eigenvalue weighted by molar-refractivity contribution is 0.112. The van der Waals surface area contributed by atoms with Crippen molar-refractivity contribution in [3.63, 3.8) is 0 Å². The fourth-order valence-electron chi connectivity index (χ4n) is 2.74. The highest BCUT2D eigenvalue weighted by Crippen LogP contribution is 2.33. The van der Waals surface area contributed by atoms with Crippen molar-refractivity contribution < 1.29 is 14.3 Å². The van der Waals surface area contributed by atoms with Gasteiger partial charge in [-0.2, -0.15) is 0 Å². The molecule has 0 unspecified atom stereocenters. The zero-order valence-corrected chi connectivity index (χ0v) is 11.3. The van der Waals surface area contributed by atoms with Crippen LogP contribution in [0.25, 0.3) is 10.9 Å². The number of para-hydroxylation sites is 1. The number of rotatable bonds is 3. The summed E-state index contributed by atoms with van der Waals surface area (Å²) in [4.78, 5) is 11.2. The van der Waals surface area contributed by atoms with E-state index in [-0.39, 0.29) is 6.79 Å². The third kappa shape index (κ3) is 1.96. The fraction of sp³-hybridized carbons (Fsp3) is 0.118. The number of hydrogen-bond acceptors (Lipinski definition) is 3. The number of nitrogens with zero attached hydrogens (tertiary/aromatic N) is 1. The average molecular weight is 279 g/mol. The number of carbonyl (C=O) groups is 1. The van der Waals surface area contributed by atoms with E-state index in [1.165, 1.54) is 0 Å². The maximum atomic E-state index is 11.2. The Labute approximate surface area is 121 Å². The van der Waals surface area contributed by atoms with Gasteiger partial charge in [0.05, 0.1) is 0 Å². The number of aromatic nitrogens is 1. The van der Waals surface area contributed by atoms with Crippen molar-refractivity contribution in [2.24, 2.45) is 0 Å². The molecule has 104 valence electrons. The van der Waals surface area contributed by atoms with E-state index in [1.54, 1.807) is 0 Å². The maximum Gasteiger partial charge on any atom is 0.231 e. The second kappa shape index (κ2) is 4.66. The number of ether oxygens (including phenoxy) is 2. The van der Waals surface area contributed by atoms with Crippen LogP contribution in [0, 0.1) is 0 Å². The largest absolute Gasteiger partial charge is 0.454 e. The summed E-state index contributed by atoms with van der Waals surface area (Å²) in [6.45, 7) is 0.964. The molecule has 0 N–H and O–H groups in total. The van der Waals surface area contributed by atoms with Gasteiger partial charge in [-0.3, -0.25) is 4.79 Å². The average Bonchev–Trinajstić information content (AvgIpc) is 3.12. The molecular weight excluding hydrogens is 266 g/mol. The van der Waals surface area contributed by atoms with Crippen LogP contribution in [0.5, 0.6) is 11.5 Å². The molecule has 1 aliphatic rings. The van der Waals surface area contributed by atoms with Crippen LogP contribution in [0.1, 0.15) is 15.9 Å². The van der Waals surface area contributed by atoms with Crippen LogP contribution >= 0.6 is 0 Å². The molecule has 0 amide bonds. The standard InChI is InChI=1S/C17H13NO3/c19-10-13-9-18(15-4-2-1-3-14(13)15)8-12-5-6-16-17(7-12)21-11-20-16/h1-7,9-10H,8,11H2. The molecule has 2 aromatic carbocycles. The van der Waals surface area contributed by atoms with Crippen molar-refractivity contribution >= 4 is 17.2 Å². The van der Waals surface area contributed by atoms with Crippen molar-refractivity contribution in [2.45, 2.75) is 6.54 Å². The molecule has 0 aliphatic carbocycles. The Bertz CT molecular complexity index is 835. The predicted octanol–water partition coefficient (Wildman–Crippen LogP) is 3.23. The van der Waals surface area contributed by atoms with Crippen LogP contribution < -0.4 is 9.47 Å². The summed E-state index contributed by atoms with van der Waals surface area (Å²) in [5, 5.41) is 0.980. The van der Waals surface area contributed by atoms with Gasteiger partial charge in [0, 0.05) is 29.2 Å². The van der Waals surface area contributed by atoms with Crippen molar-refractivity contribution in [3.8, 4) is 11.5 Å². The molecule has 2 heterocycles. The van der Waals surface area contributed by atoms with Crippen LogP contribution in [0.4, 0.5) is 0 Å². The van der Waals surface area contributed by atoms with Gasteiger partial charge in [0.2, 0.25) is 6.79 Å². The second-order valence-corrected chi connectivity index (χ2v) is 5.03. The number of hydrogen-bond donors (Lipinski definition) is 0. The summed E-state index contributed by atoms with van der Waals surface area (Å²) in [6, 6.07) is 13.8. The zero-order chi connectivity index (χ0) is 14.2. The molecule has 21 heavy (non-hydrogen) atoms. The first-order valence-corrected chi connectivity index (χ1v) is 6.77. The summed E-state index contributed by atoms with van der Waals surface area (Å²) in [5.41, 5.74) is 2.88. The third-order valence-electron chi connectivity index (χ3n) is 3.74. The van der Waals surface area contributed by atoms with E-state index in [0.717, 1.165) is 34.3 Å². The Balaban J connectivity index is 1.76. The third-order valence-corrected chi connectivity index (χ3v) is 3.74. The van der Waals surface area contributed by atoms with E-state index in [1.807, 2.05) is 48.7 Å². The van der Waals surface area contributed by atoms with Crippen LogP contribution in [0.15, 0.2) is 48.7 Å². The van der Waals surface area contributed by atoms with Gasteiger partial charge in [0.15, 0.2) is 17.8 Å². The Morgan fingerprint density at radius 3 is 2.86 bits per heavy atom. The molecule has 0 radical (unpaired) electrons. The molecule has 1 aromatic heterocycles. The van der Waals surface area contributed by atoms with E-state index in [9.17, 15) is 4.79 Å². The van der Waals surface area contributed by atoms with Gasteiger partial charge in [-0.05, 0) is 23.8 Å². The zero-order valence-electron chi connectivity index (χ0n) is 11.3. The predicted molar refractivity (Wildman–Crippen MR) is 79.0 cm³/mol. The van der Waals surface area contributed by atoms with E-state index >= 15 is 0 Å². The maximum absolute atomic E-state index is 11.2. The Morgan fingerprint density at radius 1 is 1.10 bits per heavy atom. The second-order valence-electron chi connectivity index (χ2n) is 5.03. The molecule has 4 rings (SSSR count). The fourth-order valence-corrected chi connectivity index (χ4v) is 2.74. The molecule has 0 saturated carbocycles. The Hall–Kier alpha value is -2.75. The van der Waals surface area contributed by atoms with E-state index in [2.05, 4.69) is 4.57 Å². The summed E-state index contributed by atoms with van der Waals surface area (Å²) in [7, 11) is 0. The molecule has 0 fully saturated rings. The number of carbonyl (C=O) groups excluding carboxylic acids is 1. The summed E-state index contributed by atoms with van der Waals surface area (Å²) >= 11 is 0. The van der Waals surface area contributed by atoms with Gasteiger partial charge in [-0.25, -0.2) is 0 Å². The minimum absolute atomic E-state index is 0.278. The van der Waals surface area contributed by atoms with E-state index < -0.39 is 0 Å². The highest BCUT2D eigenvalue weighted by atomic mass is 16.7. The minimum atomic E-state index is 0.278. The molecule has 0 atom stereocenters. The molecule has 1 aliphatic heterocycles. The Kier molecular flexibility index (Phi) is 2.67. The highest BCUT2D eigenvalue weighted by Gasteiger charge is 2.14. The van der Waals surface area contributed by atoms with Crippen LogP contribution in [-0.2, 0) is 6.54 Å². The smallest absolute Gasteiger partial charge is 0.231 e. The first-order valence-electron chi connectivity index (χ1n) is 6.77. The van der Waals surface area contributed by atoms with Crippen LogP contribution in [-0.4, -0.2) is 17.6 Å². The van der Waals surface area contributed by atoms with Crippen molar-refractivity contribution in [1.29, 1.82) is 0 Å². The molecule has 0 saturated heterocycles. The van der Waals surface area contributed by atoms with Crippen molar-refractivity contribution in [3.05, 3.63) is 59.8 Å². The normalized spacial score (nSPS) is 12.8. The lowest BCUT2D eigenvalue weighted by Crippen LogP contribution is -1.97. The van der Waals surface area contributed by atoms with Gasteiger partial charge in [0.25, 0.3) is 0 Å². The van der Waals surface area contributed by atoms with E-state index in [0.29, 0.717) is 12.1 Å². The number of fused-ring (bicyclic) bond motifs is 2. The highest BCUT2D eigenvalue weighted by molar-refractivity contribution is 5.97. The topological polar surface area (TPSA) is 40.5 Å². The first kappa shape index (κ1) is 12.0. The Morgan fingerprint density at radius 2 is 1.95 bits per heavy atom. The molecule has 0 bridgehead atoms. The first-order chi connectivity index (χ1) is 10.3. The van der Waals surface area contributed by atoms with Crippen molar-refractivity contribution in [1.82, 2.24) is 4.57 Å². The molecule has 3 aromatic rings. The van der Waals surface area contributed by atoms with Crippen LogP contribution in [0.2, 0.25) is 0 Å². The van der Waals surface area contributed by atoms with Crippen molar-refractivity contribution in [2.75, 3.05) is 6.79 Å².